The molecule has 1 aliphatic rings. The Bertz CT molecular complexity index is 946. The summed E-state index contributed by atoms with van der Waals surface area (Å²) in [5.41, 5.74) is -5.65. The van der Waals surface area contributed by atoms with E-state index in [0.717, 1.165) is 12.1 Å². The summed E-state index contributed by atoms with van der Waals surface area (Å²) >= 11 is 0. The third-order valence-electron chi connectivity index (χ3n) is 4.23. The molecular weight excluding hydrogens is 414 g/mol. The monoisotopic (exact) mass is 428 g/mol. The molecule has 1 N–H and O–H groups in total. The van der Waals surface area contributed by atoms with Crippen molar-refractivity contribution in [2.45, 2.75) is 11.7 Å². The average Bonchev–Trinajstić information content (AvgIpc) is 3.10. The van der Waals surface area contributed by atoms with Gasteiger partial charge in [-0.3, -0.25) is 0 Å². The van der Waals surface area contributed by atoms with Crippen LogP contribution >= 0.6 is 0 Å². The first-order chi connectivity index (χ1) is 12.9. The molecule has 28 heavy (non-hydrogen) atoms. The van der Waals surface area contributed by atoms with E-state index in [9.17, 15) is 34.8 Å². The molecule has 2 aromatic rings. The number of hydrogen-bond acceptors (Lipinski definition) is 4. The maximum atomic E-state index is 12.8. The highest BCUT2D eigenvalue weighted by atomic mass is 32.2. The normalized spacial score (nSPS) is 17.1. The lowest BCUT2D eigenvalue weighted by atomic mass is 10.1. The summed E-state index contributed by atoms with van der Waals surface area (Å²) in [6.07, 6.45) is -3.19. The number of aromatic nitrogens is 2. The standard InChI is InChI=1S/C15H14F6N4O2S/c16-14(17,18)11-3-1-2-10(8-11)12-9-22-13(23-12)24-4-6-25(7-5-24)28(26,27)15(19,20)21/h1-3,8-9H,4-7H2,(H,22,23). The van der Waals surface area contributed by atoms with Gasteiger partial charge in [0.15, 0.2) is 0 Å². The zero-order valence-corrected chi connectivity index (χ0v) is 14.9. The molecule has 1 aliphatic heterocycles. The van der Waals surface area contributed by atoms with Crippen LogP contribution in [0.4, 0.5) is 32.3 Å². The van der Waals surface area contributed by atoms with Crippen molar-refractivity contribution in [3.63, 3.8) is 0 Å². The molecular formula is C15H14F6N4O2S. The minimum atomic E-state index is -5.39. The average molecular weight is 428 g/mol. The number of piperazine rings is 1. The topological polar surface area (TPSA) is 69.3 Å². The van der Waals surface area contributed by atoms with Crippen LogP contribution in [-0.2, 0) is 16.2 Å². The number of imidazole rings is 1. The van der Waals surface area contributed by atoms with E-state index in [0.29, 0.717) is 10.00 Å². The Hall–Kier alpha value is -2.28. The van der Waals surface area contributed by atoms with Crippen molar-refractivity contribution in [2.75, 3.05) is 31.1 Å². The van der Waals surface area contributed by atoms with E-state index < -0.39 is 27.3 Å². The van der Waals surface area contributed by atoms with Crippen LogP contribution in [0.5, 0.6) is 0 Å². The fourth-order valence-electron chi connectivity index (χ4n) is 2.77. The van der Waals surface area contributed by atoms with Gasteiger partial charge < -0.3 is 9.88 Å². The fourth-order valence-corrected chi connectivity index (χ4v) is 3.70. The second-order valence-electron chi connectivity index (χ2n) is 6.04. The van der Waals surface area contributed by atoms with Crippen molar-refractivity contribution in [2.24, 2.45) is 0 Å². The lowest BCUT2D eigenvalue weighted by Gasteiger charge is -2.33. The Balaban J connectivity index is 1.73. The number of alkyl halides is 6. The second kappa shape index (κ2) is 6.95. The number of sulfonamides is 1. The van der Waals surface area contributed by atoms with Gasteiger partial charge in [-0.15, -0.1) is 0 Å². The first kappa shape index (κ1) is 20.5. The summed E-state index contributed by atoms with van der Waals surface area (Å²) in [7, 11) is -5.39. The molecule has 0 bridgehead atoms. The molecule has 1 fully saturated rings. The van der Waals surface area contributed by atoms with E-state index in [2.05, 4.69) is 9.97 Å². The van der Waals surface area contributed by atoms with Gasteiger partial charge in [0.25, 0.3) is 0 Å². The molecule has 0 aliphatic carbocycles. The lowest BCUT2D eigenvalue weighted by Crippen LogP contribution is -2.52. The van der Waals surface area contributed by atoms with E-state index in [1.54, 1.807) is 0 Å². The molecule has 0 unspecified atom stereocenters. The molecule has 1 aromatic heterocycles. The molecule has 6 nitrogen and oxygen atoms in total. The van der Waals surface area contributed by atoms with E-state index in [1.165, 1.54) is 23.2 Å². The molecule has 1 saturated heterocycles. The molecule has 3 rings (SSSR count). The molecule has 0 amide bonds. The number of nitrogens with one attached hydrogen (secondary N) is 1. The van der Waals surface area contributed by atoms with Crippen molar-refractivity contribution < 1.29 is 34.8 Å². The van der Waals surface area contributed by atoms with Crippen molar-refractivity contribution in [3.05, 3.63) is 36.0 Å². The summed E-state index contributed by atoms with van der Waals surface area (Å²) in [6, 6.07) is 4.59. The zero-order chi connectivity index (χ0) is 20.7. The van der Waals surface area contributed by atoms with Crippen LogP contribution in [0.25, 0.3) is 11.3 Å². The molecule has 154 valence electrons. The number of hydrogen-bond donors (Lipinski definition) is 1. The summed E-state index contributed by atoms with van der Waals surface area (Å²) in [5, 5.41) is 0. The van der Waals surface area contributed by atoms with Gasteiger partial charge in [0.2, 0.25) is 5.95 Å². The van der Waals surface area contributed by atoms with Gasteiger partial charge in [-0.05, 0) is 12.1 Å². The summed E-state index contributed by atoms with van der Waals surface area (Å²) < 4.78 is 99.5. The summed E-state index contributed by atoms with van der Waals surface area (Å²) in [4.78, 5) is 8.39. The van der Waals surface area contributed by atoms with Crippen LogP contribution < -0.4 is 4.90 Å². The van der Waals surface area contributed by atoms with Crippen molar-refractivity contribution in [1.29, 1.82) is 0 Å². The van der Waals surface area contributed by atoms with Gasteiger partial charge in [0.05, 0.1) is 17.5 Å². The summed E-state index contributed by atoms with van der Waals surface area (Å²) in [6.45, 7) is -0.876. The first-order valence-corrected chi connectivity index (χ1v) is 9.37. The number of benzene rings is 1. The number of nitrogens with zero attached hydrogens (tertiary/aromatic N) is 3. The third kappa shape index (κ3) is 3.94. The van der Waals surface area contributed by atoms with Crippen LogP contribution in [0, 0.1) is 0 Å². The predicted octanol–water partition coefficient (Wildman–Crippen LogP) is 3.07. The number of halogens is 6. The lowest BCUT2D eigenvalue weighted by molar-refractivity contribution is -0.137. The van der Waals surface area contributed by atoms with Gasteiger partial charge in [-0.2, -0.15) is 30.6 Å². The van der Waals surface area contributed by atoms with Gasteiger partial charge in [0.1, 0.15) is 0 Å². The molecule has 0 spiro atoms. The Morgan fingerprint density at radius 1 is 1.00 bits per heavy atom. The first-order valence-electron chi connectivity index (χ1n) is 7.93. The third-order valence-corrected chi connectivity index (χ3v) is 5.86. The van der Waals surface area contributed by atoms with Crippen LogP contribution in [0.3, 0.4) is 0 Å². The zero-order valence-electron chi connectivity index (χ0n) is 14.0. The minimum absolute atomic E-state index is 0.0507. The maximum Gasteiger partial charge on any atom is 0.511 e. The molecule has 2 heterocycles. The minimum Gasteiger partial charge on any atom is -0.340 e. The van der Waals surface area contributed by atoms with E-state index in [-0.39, 0.29) is 37.7 Å². The fraction of sp³-hybridized carbons (Fsp3) is 0.400. The predicted molar refractivity (Wildman–Crippen MR) is 87.8 cm³/mol. The Morgan fingerprint density at radius 3 is 2.21 bits per heavy atom. The van der Waals surface area contributed by atoms with Gasteiger partial charge in [0, 0.05) is 31.7 Å². The number of rotatable bonds is 3. The highest BCUT2D eigenvalue weighted by Gasteiger charge is 2.50. The van der Waals surface area contributed by atoms with Crippen LogP contribution in [0.2, 0.25) is 0 Å². The van der Waals surface area contributed by atoms with Crippen molar-refractivity contribution in [1.82, 2.24) is 14.3 Å². The Labute approximate surface area is 155 Å². The highest BCUT2D eigenvalue weighted by molar-refractivity contribution is 7.90. The van der Waals surface area contributed by atoms with E-state index in [1.807, 2.05) is 0 Å². The highest BCUT2D eigenvalue weighted by Crippen LogP contribution is 2.32. The van der Waals surface area contributed by atoms with Crippen molar-refractivity contribution in [3.8, 4) is 11.3 Å². The maximum absolute atomic E-state index is 12.8. The van der Waals surface area contributed by atoms with Crippen LogP contribution in [0.15, 0.2) is 30.5 Å². The van der Waals surface area contributed by atoms with Gasteiger partial charge >= 0.3 is 21.7 Å². The largest absolute Gasteiger partial charge is 0.511 e. The molecule has 0 atom stereocenters. The number of H-pyrrole nitrogens is 1. The smallest absolute Gasteiger partial charge is 0.340 e. The van der Waals surface area contributed by atoms with E-state index >= 15 is 0 Å². The van der Waals surface area contributed by atoms with Crippen LogP contribution in [-0.4, -0.2) is 54.4 Å². The van der Waals surface area contributed by atoms with Crippen LogP contribution in [0.1, 0.15) is 5.56 Å². The second-order valence-corrected chi connectivity index (χ2v) is 7.97. The van der Waals surface area contributed by atoms with Gasteiger partial charge in [-0.1, -0.05) is 12.1 Å². The molecule has 0 saturated carbocycles. The van der Waals surface area contributed by atoms with Crippen molar-refractivity contribution >= 4 is 16.0 Å². The number of anilines is 1. The molecule has 13 heteroatoms. The molecule has 1 aromatic carbocycles. The Kier molecular flexibility index (Phi) is 5.08. The SMILES string of the molecule is O=S(=O)(N1CCN(c2ncc(-c3cccc(C(F)(F)F)c3)[nH]2)CC1)C(F)(F)F. The molecule has 0 radical (unpaired) electrons. The number of aromatic amines is 1. The van der Waals surface area contributed by atoms with Gasteiger partial charge in [-0.25, -0.2) is 13.4 Å². The summed E-state index contributed by atoms with van der Waals surface area (Å²) in [5.74, 6) is 0.233. The Morgan fingerprint density at radius 2 is 1.64 bits per heavy atom. The van der Waals surface area contributed by atoms with E-state index in [4.69, 9.17) is 0 Å². The quantitative estimate of drug-likeness (QED) is 0.764.